The van der Waals surface area contributed by atoms with Crippen molar-refractivity contribution in [3.8, 4) is 134 Å². The van der Waals surface area contributed by atoms with Crippen LogP contribution in [0.15, 0.2) is 413 Å². The number of benzene rings is 16. The zero-order chi connectivity index (χ0) is 68.2. The minimum atomic E-state index is 1.25. The van der Waals surface area contributed by atoms with Crippen molar-refractivity contribution in [1.29, 1.82) is 0 Å². The monoisotopic (exact) mass is 1280 g/mol. The molecule has 0 atom stereocenters. The molecule has 0 heterocycles. The molecule has 16 aromatic rings. The van der Waals surface area contributed by atoms with Crippen molar-refractivity contribution in [3.63, 3.8) is 0 Å². The van der Waals surface area contributed by atoms with Crippen LogP contribution in [-0.2, 0) is 0 Å². The van der Waals surface area contributed by atoms with Gasteiger partial charge in [0, 0.05) is 0 Å². The van der Waals surface area contributed by atoms with Crippen LogP contribution in [0.5, 0.6) is 0 Å². The lowest BCUT2D eigenvalue weighted by molar-refractivity contribution is 1.46. The highest BCUT2D eigenvalue weighted by Gasteiger charge is 2.13. The summed E-state index contributed by atoms with van der Waals surface area (Å²) in [6, 6.07) is 147. The molecule has 0 aliphatic carbocycles. The Hall–Kier alpha value is -12.5. The zero-order valence-corrected chi connectivity index (χ0v) is 57.3. The molecule has 0 N–H and O–H groups in total. The third-order valence-electron chi connectivity index (χ3n) is 18.5. The Labute approximate surface area is 592 Å². The molecule has 0 amide bonds. The lowest BCUT2D eigenvalue weighted by Gasteiger charge is -2.12. The molecule has 0 nitrogen and oxygen atoms in total. The van der Waals surface area contributed by atoms with Gasteiger partial charge in [-0.05, 0) is 208 Å². The standard InChI is InChI=1S/4C25H20/c1-19-9-5-6-16-25(19)24-15-8-14-23(18-24)22-13-7-12-21(17-22)20-10-3-2-4-11-20;1-19-10-5-6-15-23(19)21-13-9-14-22(18-21)25-17-8-7-16-24(25)20-11-3-2-4-12-20;1-19-8-5-6-13-25(19)24-12-7-11-23(18-24)22-16-14-21(15-17-22)20-9-3-2-4-10-20;1-19-14-16-21(17-15-19)24-12-5-6-13-25(24)23-11-7-10-22(18-23)20-8-3-2-4-9-20/h4*2-18H,1H3. The first kappa shape index (κ1) is 66.1. The largest absolute Gasteiger partial charge is 0.0622 e. The third kappa shape index (κ3) is 16.5. The lowest BCUT2D eigenvalue weighted by Crippen LogP contribution is -1.87. The van der Waals surface area contributed by atoms with E-state index in [1.165, 1.54) is 156 Å². The molecule has 0 aromatic heterocycles. The molecule has 480 valence electrons. The second kappa shape index (κ2) is 32.5. The van der Waals surface area contributed by atoms with Crippen molar-refractivity contribution < 1.29 is 0 Å². The Bertz CT molecular complexity index is 5300. The van der Waals surface area contributed by atoms with Crippen molar-refractivity contribution in [1.82, 2.24) is 0 Å². The van der Waals surface area contributed by atoms with Crippen molar-refractivity contribution in [2.75, 3.05) is 0 Å². The maximum absolute atomic E-state index is 2.30. The Morgan fingerprint density at radius 1 is 0.110 bits per heavy atom. The molecule has 100 heavy (non-hydrogen) atoms. The fourth-order valence-electron chi connectivity index (χ4n) is 13.1. The zero-order valence-electron chi connectivity index (χ0n) is 57.3. The van der Waals surface area contributed by atoms with Gasteiger partial charge >= 0.3 is 0 Å². The summed E-state index contributed by atoms with van der Waals surface area (Å²) in [5, 5.41) is 0. The molecule has 0 aliphatic rings. The summed E-state index contributed by atoms with van der Waals surface area (Å²) < 4.78 is 0. The van der Waals surface area contributed by atoms with E-state index in [0.717, 1.165) is 0 Å². The van der Waals surface area contributed by atoms with Crippen LogP contribution in [0.25, 0.3) is 134 Å². The Morgan fingerprint density at radius 2 is 0.280 bits per heavy atom. The fraction of sp³-hybridized carbons (Fsp3) is 0.0400. The molecular formula is C100H80. The smallest absolute Gasteiger partial charge is 0.0105 e. The summed E-state index contributed by atoms with van der Waals surface area (Å²) in [6.07, 6.45) is 0. The molecule has 0 bridgehead atoms. The summed E-state index contributed by atoms with van der Waals surface area (Å²) in [6.45, 7) is 8.62. The fourth-order valence-corrected chi connectivity index (χ4v) is 13.1. The van der Waals surface area contributed by atoms with E-state index < -0.39 is 0 Å². The second-order valence-electron chi connectivity index (χ2n) is 25.3. The molecule has 0 saturated heterocycles. The average Bonchev–Trinajstić information content (AvgIpc) is 0.820. The van der Waals surface area contributed by atoms with E-state index in [1.807, 2.05) is 0 Å². The lowest BCUT2D eigenvalue weighted by atomic mass is 9.92. The first-order chi connectivity index (χ1) is 49.3. The molecule has 0 saturated carbocycles. The van der Waals surface area contributed by atoms with Gasteiger partial charge < -0.3 is 0 Å². The Balaban J connectivity index is 0.000000119. The van der Waals surface area contributed by atoms with Crippen LogP contribution in [-0.4, -0.2) is 0 Å². The van der Waals surface area contributed by atoms with Crippen molar-refractivity contribution >= 4 is 0 Å². The van der Waals surface area contributed by atoms with Gasteiger partial charge in [0.15, 0.2) is 0 Å². The average molecular weight is 1280 g/mol. The number of hydrogen-bond donors (Lipinski definition) is 0. The highest BCUT2D eigenvalue weighted by Crippen LogP contribution is 2.38. The number of rotatable bonds is 12. The van der Waals surface area contributed by atoms with E-state index >= 15 is 0 Å². The van der Waals surface area contributed by atoms with Crippen LogP contribution in [0, 0.1) is 27.7 Å². The Kier molecular flexibility index (Phi) is 21.5. The molecule has 16 aromatic carbocycles. The first-order valence-corrected chi connectivity index (χ1v) is 34.5. The maximum atomic E-state index is 2.30. The molecule has 0 aliphatic heterocycles. The summed E-state index contributed by atoms with van der Waals surface area (Å²) in [5.41, 5.74) is 35.4. The highest BCUT2D eigenvalue weighted by atomic mass is 14.2. The maximum Gasteiger partial charge on any atom is -0.0105 e. The summed E-state index contributed by atoms with van der Waals surface area (Å²) in [4.78, 5) is 0. The summed E-state index contributed by atoms with van der Waals surface area (Å²) in [5.74, 6) is 0. The van der Waals surface area contributed by atoms with Gasteiger partial charge in [-0.3, -0.25) is 0 Å². The van der Waals surface area contributed by atoms with E-state index in [2.05, 4.69) is 440 Å². The van der Waals surface area contributed by atoms with Gasteiger partial charge in [-0.1, -0.05) is 388 Å². The normalized spacial score (nSPS) is 10.6. The summed E-state index contributed by atoms with van der Waals surface area (Å²) in [7, 11) is 0. The van der Waals surface area contributed by atoms with Gasteiger partial charge in [0.1, 0.15) is 0 Å². The van der Waals surface area contributed by atoms with Gasteiger partial charge in [0.25, 0.3) is 0 Å². The summed E-state index contributed by atoms with van der Waals surface area (Å²) >= 11 is 0. The van der Waals surface area contributed by atoms with E-state index in [4.69, 9.17) is 0 Å². The van der Waals surface area contributed by atoms with Gasteiger partial charge in [-0.2, -0.15) is 0 Å². The number of aryl methyl sites for hydroxylation is 4. The third-order valence-corrected chi connectivity index (χ3v) is 18.5. The van der Waals surface area contributed by atoms with E-state index in [-0.39, 0.29) is 0 Å². The van der Waals surface area contributed by atoms with Crippen LogP contribution in [0.1, 0.15) is 22.3 Å². The van der Waals surface area contributed by atoms with Crippen molar-refractivity contribution in [2.24, 2.45) is 0 Å². The van der Waals surface area contributed by atoms with Gasteiger partial charge in [0.05, 0.1) is 0 Å². The topological polar surface area (TPSA) is 0 Å². The second-order valence-corrected chi connectivity index (χ2v) is 25.3. The van der Waals surface area contributed by atoms with Crippen LogP contribution in [0.2, 0.25) is 0 Å². The molecule has 0 radical (unpaired) electrons. The molecule has 0 spiro atoms. The van der Waals surface area contributed by atoms with E-state index in [9.17, 15) is 0 Å². The van der Waals surface area contributed by atoms with Gasteiger partial charge in [-0.25, -0.2) is 0 Å². The number of hydrogen-bond acceptors (Lipinski definition) is 0. The van der Waals surface area contributed by atoms with E-state index in [0.29, 0.717) is 0 Å². The highest BCUT2D eigenvalue weighted by molar-refractivity contribution is 5.88. The molecular weight excluding hydrogens is 1200 g/mol. The minimum absolute atomic E-state index is 1.25. The molecule has 0 unspecified atom stereocenters. The quantitative estimate of drug-likeness (QED) is 0.114. The molecule has 0 heteroatoms. The predicted molar refractivity (Wildman–Crippen MR) is 430 cm³/mol. The van der Waals surface area contributed by atoms with Crippen LogP contribution < -0.4 is 0 Å². The SMILES string of the molecule is Cc1ccc(-c2ccccc2-c2cccc(-c3ccccc3)c2)cc1.Cc1ccccc1-c1cccc(-c2ccc(-c3ccccc3)cc2)c1.Cc1ccccc1-c1cccc(-c2cccc(-c3ccccc3)c2)c1.Cc1ccccc1-c1cccc(-c2ccccc2-c2ccccc2)c1. The Morgan fingerprint density at radius 3 is 0.600 bits per heavy atom. The van der Waals surface area contributed by atoms with Crippen LogP contribution >= 0.6 is 0 Å². The first-order valence-electron chi connectivity index (χ1n) is 34.5. The van der Waals surface area contributed by atoms with Crippen molar-refractivity contribution in [3.05, 3.63) is 435 Å². The van der Waals surface area contributed by atoms with Gasteiger partial charge in [-0.15, -0.1) is 0 Å². The predicted octanol–water partition coefficient (Wildman–Crippen LogP) is 28.0. The molecule has 0 fully saturated rings. The van der Waals surface area contributed by atoms with Crippen LogP contribution in [0.3, 0.4) is 0 Å². The minimum Gasteiger partial charge on any atom is -0.0622 e. The van der Waals surface area contributed by atoms with E-state index in [1.54, 1.807) is 0 Å². The van der Waals surface area contributed by atoms with Gasteiger partial charge in [0.2, 0.25) is 0 Å². The van der Waals surface area contributed by atoms with Crippen LogP contribution in [0.4, 0.5) is 0 Å². The molecule has 16 rings (SSSR count). The van der Waals surface area contributed by atoms with Crippen molar-refractivity contribution in [2.45, 2.75) is 27.7 Å².